The summed E-state index contributed by atoms with van der Waals surface area (Å²) in [5.41, 5.74) is 6.81. The van der Waals surface area contributed by atoms with Crippen LogP contribution in [0.15, 0.2) is 23.5 Å². The first-order chi connectivity index (χ1) is 9.01. The van der Waals surface area contributed by atoms with Gasteiger partial charge in [-0.25, -0.2) is 0 Å². The van der Waals surface area contributed by atoms with Crippen LogP contribution >= 0.6 is 0 Å². The van der Waals surface area contributed by atoms with Crippen LogP contribution in [0.25, 0.3) is 0 Å². The third-order valence-corrected chi connectivity index (χ3v) is 3.02. The zero-order valence-corrected chi connectivity index (χ0v) is 11.5. The number of hydrogen-bond donors (Lipinski definition) is 2. The molecule has 1 unspecified atom stereocenters. The van der Waals surface area contributed by atoms with Crippen LogP contribution in [0.4, 0.5) is 0 Å². The fourth-order valence-corrected chi connectivity index (χ4v) is 1.76. The molecule has 0 fully saturated rings. The maximum Gasteiger partial charge on any atom is 0.255 e. The zero-order valence-electron chi connectivity index (χ0n) is 11.5. The highest BCUT2D eigenvalue weighted by Crippen LogP contribution is 2.10. The summed E-state index contributed by atoms with van der Waals surface area (Å²) in [6.07, 6.45) is 1.65. The van der Waals surface area contributed by atoms with E-state index in [9.17, 15) is 4.79 Å². The Hall–Kier alpha value is -2.11. The van der Waals surface area contributed by atoms with E-state index in [0.29, 0.717) is 24.3 Å². The molecule has 1 aromatic heterocycles. The number of amides is 1. The Morgan fingerprint density at radius 3 is 2.84 bits per heavy atom. The van der Waals surface area contributed by atoms with Crippen LogP contribution in [-0.4, -0.2) is 39.9 Å². The molecule has 0 aromatic carbocycles. The number of aromatic nitrogens is 1. The van der Waals surface area contributed by atoms with Crippen molar-refractivity contribution in [2.75, 3.05) is 13.1 Å². The van der Waals surface area contributed by atoms with Gasteiger partial charge in [0.25, 0.3) is 5.91 Å². The van der Waals surface area contributed by atoms with Gasteiger partial charge in [0.15, 0.2) is 0 Å². The highest BCUT2D eigenvalue weighted by atomic mass is 16.4. The van der Waals surface area contributed by atoms with Crippen molar-refractivity contribution in [2.24, 2.45) is 16.8 Å². The average Bonchev–Trinajstić information content (AvgIpc) is 2.43. The number of hydrogen-bond acceptors (Lipinski definition) is 4. The summed E-state index contributed by atoms with van der Waals surface area (Å²) in [6, 6.07) is 3.49. The van der Waals surface area contributed by atoms with Crippen LogP contribution in [-0.2, 0) is 0 Å². The molecular formula is C13H20N4O2. The van der Waals surface area contributed by atoms with Gasteiger partial charge in [-0.3, -0.25) is 9.78 Å². The number of nitrogens with two attached hydrogens (primary N) is 1. The average molecular weight is 264 g/mol. The molecule has 104 valence electrons. The summed E-state index contributed by atoms with van der Waals surface area (Å²) in [7, 11) is 0. The summed E-state index contributed by atoms with van der Waals surface area (Å²) in [6.45, 7) is 6.45. The quantitative estimate of drug-likeness (QED) is 0.362. The van der Waals surface area contributed by atoms with Crippen molar-refractivity contribution < 1.29 is 10.0 Å². The van der Waals surface area contributed by atoms with Crippen LogP contribution < -0.4 is 5.73 Å². The lowest BCUT2D eigenvalue weighted by atomic mass is 10.1. The second-order valence-electron chi connectivity index (χ2n) is 4.41. The van der Waals surface area contributed by atoms with Gasteiger partial charge in [-0.2, -0.15) is 0 Å². The van der Waals surface area contributed by atoms with Crippen molar-refractivity contribution in [3.8, 4) is 0 Å². The SMILES string of the molecule is CCN(CC(C)C(N)=NO)C(=O)c1cccnc1C. The topological polar surface area (TPSA) is 91.8 Å². The van der Waals surface area contributed by atoms with Crippen molar-refractivity contribution >= 4 is 11.7 Å². The molecule has 19 heavy (non-hydrogen) atoms. The number of rotatable bonds is 5. The summed E-state index contributed by atoms with van der Waals surface area (Å²) < 4.78 is 0. The first-order valence-corrected chi connectivity index (χ1v) is 6.19. The summed E-state index contributed by atoms with van der Waals surface area (Å²) in [5, 5.41) is 11.6. The van der Waals surface area contributed by atoms with Crippen LogP contribution in [0.1, 0.15) is 29.9 Å². The standard InChI is InChI=1S/C13H20N4O2/c1-4-17(8-9(2)12(14)16-19)13(18)11-6-5-7-15-10(11)3/h5-7,9,19H,4,8H2,1-3H3,(H2,14,16). The van der Waals surface area contributed by atoms with E-state index in [1.807, 2.05) is 6.92 Å². The van der Waals surface area contributed by atoms with Gasteiger partial charge in [0.05, 0.1) is 5.56 Å². The summed E-state index contributed by atoms with van der Waals surface area (Å²) in [4.78, 5) is 18.2. The van der Waals surface area contributed by atoms with E-state index >= 15 is 0 Å². The van der Waals surface area contributed by atoms with Gasteiger partial charge in [-0.05, 0) is 26.0 Å². The van der Waals surface area contributed by atoms with Gasteiger partial charge < -0.3 is 15.8 Å². The highest BCUT2D eigenvalue weighted by molar-refractivity contribution is 5.95. The second kappa shape index (κ2) is 6.72. The molecule has 1 heterocycles. The minimum Gasteiger partial charge on any atom is -0.409 e. The maximum absolute atomic E-state index is 12.4. The number of pyridine rings is 1. The molecule has 0 aliphatic rings. The smallest absolute Gasteiger partial charge is 0.255 e. The Morgan fingerprint density at radius 1 is 1.63 bits per heavy atom. The monoisotopic (exact) mass is 264 g/mol. The molecule has 0 aliphatic heterocycles. The Labute approximate surface area is 112 Å². The molecule has 0 spiro atoms. The van der Waals surface area contributed by atoms with Gasteiger partial charge >= 0.3 is 0 Å². The minimum atomic E-state index is -0.203. The lowest BCUT2D eigenvalue weighted by molar-refractivity contribution is 0.0752. The fourth-order valence-electron chi connectivity index (χ4n) is 1.76. The van der Waals surface area contributed by atoms with E-state index in [0.717, 1.165) is 0 Å². The molecule has 0 bridgehead atoms. The molecule has 1 rings (SSSR count). The number of carbonyl (C=O) groups is 1. The molecule has 0 saturated heterocycles. The van der Waals surface area contributed by atoms with Crippen LogP contribution in [0, 0.1) is 12.8 Å². The molecule has 1 atom stereocenters. The molecular weight excluding hydrogens is 244 g/mol. The van der Waals surface area contributed by atoms with Crippen molar-refractivity contribution in [1.82, 2.24) is 9.88 Å². The van der Waals surface area contributed by atoms with Crippen molar-refractivity contribution in [3.05, 3.63) is 29.6 Å². The van der Waals surface area contributed by atoms with Gasteiger partial charge in [0, 0.05) is 30.9 Å². The van der Waals surface area contributed by atoms with Crippen LogP contribution in [0.2, 0.25) is 0 Å². The number of amidine groups is 1. The van der Waals surface area contributed by atoms with Crippen molar-refractivity contribution in [1.29, 1.82) is 0 Å². The van der Waals surface area contributed by atoms with Gasteiger partial charge in [-0.1, -0.05) is 12.1 Å². The minimum absolute atomic E-state index is 0.0920. The largest absolute Gasteiger partial charge is 0.409 e. The first kappa shape index (κ1) is 14.9. The molecule has 0 aliphatic carbocycles. The Balaban J connectivity index is 2.86. The van der Waals surface area contributed by atoms with Crippen molar-refractivity contribution in [3.63, 3.8) is 0 Å². The Kier molecular flexibility index (Phi) is 5.29. The van der Waals surface area contributed by atoms with Gasteiger partial charge in [0.2, 0.25) is 0 Å². The predicted molar refractivity (Wildman–Crippen MR) is 73.1 cm³/mol. The maximum atomic E-state index is 12.4. The number of oxime groups is 1. The van der Waals surface area contributed by atoms with E-state index in [4.69, 9.17) is 10.9 Å². The van der Waals surface area contributed by atoms with E-state index in [2.05, 4.69) is 10.1 Å². The van der Waals surface area contributed by atoms with E-state index in [1.165, 1.54) is 0 Å². The van der Waals surface area contributed by atoms with E-state index in [-0.39, 0.29) is 17.7 Å². The van der Waals surface area contributed by atoms with E-state index < -0.39 is 0 Å². The molecule has 0 radical (unpaired) electrons. The Bertz CT molecular complexity index is 473. The number of carbonyl (C=O) groups excluding carboxylic acids is 1. The highest BCUT2D eigenvalue weighted by Gasteiger charge is 2.20. The zero-order chi connectivity index (χ0) is 14.4. The number of aryl methyl sites for hydroxylation is 1. The lowest BCUT2D eigenvalue weighted by Crippen LogP contribution is -2.39. The first-order valence-electron chi connectivity index (χ1n) is 6.19. The molecule has 0 saturated carbocycles. The molecule has 6 nitrogen and oxygen atoms in total. The lowest BCUT2D eigenvalue weighted by Gasteiger charge is -2.24. The summed E-state index contributed by atoms with van der Waals surface area (Å²) >= 11 is 0. The number of nitrogens with zero attached hydrogens (tertiary/aromatic N) is 3. The fraction of sp³-hybridized carbons (Fsp3) is 0.462. The molecule has 1 aromatic rings. The summed E-state index contributed by atoms with van der Waals surface area (Å²) in [5.74, 6) is -0.175. The van der Waals surface area contributed by atoms with Crippen LogP contribution in [0.3, 0.4) is 0 Å². The molecule has 1 amide bonds. The normalized spacial score (nSPS) is 13.1. The molecule has 6 heteroatoms. The van der Waals surface area contributed by atoms with Crippen molar-refractivity contribution in [2.45, 2.75) is 20.8 Å². The second-order valence-corrected chi connectivity index (χ2v) is 4.41. The van der Waals surface area contributed by atoms with Gasteiger partial charge in [-0.15, -0.1) is 0 Å². The third-order valence-electron chi connectivity index (χ3n) is 3.02. The third kappa shape index (κ3) is 3.67. The molecule has 3 N–H and O–H groups in total. The Morgan fingerprint density at radius 2 is 2.32 bits per heavy atom. The predicted octanol–water partition coefficient (Wildman–Crippen LogP) is 1.23. The van der Waals surface area contributed by atoms with E-state index in [1.54, 1.807) is 37.1 Å². The van der Waals surface area contributed by atoms with Gasteiger partial charge in [0.1, 0.15) is 5.84 Å². The van der Waals surface area contributed by atoms with Crippen LogP contribution in [0.5, 0.6) is 0 Å².